The highest BCUT2D eigenvalue weighted by atomic mass is 16.5. The first kappa shape index (κ1) is 17.7. The molecule has 3 aromatic rings. The van der Waals surface area contributed by atoms with Crippen molar-refractivity contribution in [2.75, 3.05) is 6.61 Å². The Morgan fingerprint density at radius 3 is 2.65 bits per heavy atom. The van der Waals surface area contributed by atoms with Crippen LogP contribution in [-0.4, -0.2) is 17.7 Å². The lowest BCUT2D eigenvalue weighted by molar-refractivity contribution is -0.145. The van der Waals surface area contributed by atoms with E-state index in [0.29, 0.717) is 24.5 Å². The number of hydrogen-bond acceptors (Lipinski definition) is 5. The molecule has 0 saturated carbocycles. The van der Waals surface area contributed by atoms with Gasteiger partial charge in [0.05, 0.1) is 6.61 Å². The second-order valence-electron chi connectivity index (χ2n) is 5.75. The van der Waals surface area contributed by atoms with Gasteiger partial charge in [0.25, 0.3) is 0 Å². The van der Waals surface area contributed by atoms with Gasteiger partial charge in [0.1, 0.15) is 18.1 Å². The van der Waals surface area contributed by atoms with Crippen molar-refractivity contribution in [3.8, 4) is 17.1 Å². The van der Waals surface area contributed by atoms with E-state index in [9.17, 15) is 4.79 Å². The average molecular weight is 351 g/mol. The molecule has 1 heterocycles. The molecule has 0 fully saturated rings. The standard InChI is InChI=1S/C21H21NO4/c1-2-24-19-11-7-6-10-17(19)12-13-21(23)25-15-18-14-20(26-22-18)16-8-4-3-5-9-16/h3-11,14H,2,12-13,15H2,1H3. The van der Waals surface area contributed by atoms with Crippen molar-refractivity contribution in [3.05, 3.63) is 71.9 Å². The van der Waals surface area contributed by atoms with Crippen LogP contribution in [0.5, 0.6) is 5.75 Å². The van der Waals surface area contributed by atoms with E-state index in [4.69, 9.17) is 14.0 Å². The molecule has 134 valence electrons. The average Bonchev–Trinajstić information content (AvgIpc) is 3.16. The summed E-state index contributed by atoms with van der Waals surface area (Å²) in [5.74, 6) is 1.19. The molecule has 0 spiro atoms. The van der Waals surface area contributed by atoms with Crippen molar-refractivity contribution in [2.24, 2.45) is 0 Å². The molecule has 1 aromatic heterocycles. The molecule has 5 nitrogen and oxygen atoms in total. The zero-order valence-electron chi connectivity index (χ0n) is 14.7. The van der Waals surface area contributed by atoms with Crippen molar-refractivity contribution < 1.29 is 18.8 Å². The van der Waals surface area contributed by atoms with Crippen LogP contribution in [0.3, 0.4) is 0 Å². The first-order valence-electron chi connectivity index (χ1n) is 8.63. The Balaban J connectivity index is 1.50. The quantitative estimate of drug-likeness (QED) is 0.562. The Hall–Kier alpha value is -3.08. The Morgan fingerprint density at radius 1 is 1.08 bits per heavy atom. The highest BCUT2D eigenvalue weighted by Crippen LogP contribution is 2.21. The smallest absolute Gasteiger partial charge is 0.306 e. The summed E-state index contributed by atoms with van der Waals surface area (Å²) in [6.07, 6.45) is 0.858. The second kappa shape index (κ2) is 8.85. The van der Waals surface area contributed by atoms with Crippen molar-refractivity contribution >= 4 is 5.97 Å². The largest absolute Gasteiger partial charge is 0.494 e. The van der Waals surface area contributed by atoms with Gasteiger partial charge in [0, 0.05) is 18.1 Å². The van der Waals surface area contributed by atoms with Gasteiger partial charge in [-0.25, -0.2) is 0 Å². The molecule has 0 amide bonds. The number of carbonyl (C=O) groups is 1. The minimum Gasteiger partial charge on any atom is -0.494 e. The summed E-state index contributed by atoms with van der Waals surface area (Å²) in [5.41, 5.74) is 2.52. The summed E-state index contributed by atoms with van der Waals surface area (Å²) in [5, 5.41) is 3.95. The Labute approximate surface area is 152 Å². The normalized spacial score (nSPS) is 10.5. The SMILES string of the molecule is CCOc1ccccc1CCC(=O)OCc1cc(-c2ccccc2)on1. The van der Waals surface area contributed by atoms with Crippen molar-refractivity contribution in [1.82, 2.24) is 5.16 Å². The maximum absolute atomic E-state index is 12.0. The third-order valence-corrected chi connectivity index (χ3v) is 3.87. The number of aromatic nitrogens is 1. The zero-order valence-corrected chi connectivity index (χ0v) is 14.7. The van der Waals surface area contributed by atoms with E-state index in [1.807, 2.05) is 61.5 Å². The number of esters is 1. The van der Waals surface area contributed by atoms with Crippen LogP contribution in [0, 0.1) is 0 Å². The topological polar surface area (TPSA) is 61.6 Å². The number of hydrogen-bond donors (Lipinski definition) is 0. The number of benzene rings is 2. The molecule has 0 aliphatic carbocycles. The van der Waals surface area contributed by atoms with Crippen LogP contribution >= 0.6 is 0 Å². The molecule has 5 heteroatoms. The third-order valence-electron chi connectivity index (χ3n) is 3.87. The summed E-state index contributed by atoms with van der Waals surface area (Å²) in [6, 6.07) is 19.2. The monoisotopic (exact) mass is 351 g/mol. The Morgan fingerprint density at radius 2 is 1.85 bits per heavy atom. The summed E-state index contributed by atoms with van der Waals surface area (Å²) in [7, 11) is 0. The molecule has 0 aliphatic heterocycles. The van der Waals surface area contributed by atoms with Crippen molar-refractivity contribution in [1.29, 1.82) is 0 Å². The predicted molar refractivity (Wildman–Crippen MR) is 97.7 cm³/mol. The van der Waals surface area contributed by atoms with Gasteiger partial charge in [-0.3, -0.25) is 4.79 Å². The number of para-hydroxylation sites is 1. The Bertz CT molecular complexity index is 842. The third kappa shape index (κ3) is 4.72. The molecular formula is C21H21NO4. The molecule has 0 N–H and O–H groups in total. The van der Waals surface area contributed by atoms with Crippen LogP contribution in [0.1, 0.15) is 24.6 Å². The lowest BCUT2D eigenvalue weighted by atomic mass is 10.1. The van der Waals surface area contributed by atoms with Crippen molar-refractivity contribution in [2.45, 2.75) is 26.4 Å². The van der Waals surface area contributed by atoms with Crippen molar-refractivity contribution in [3.63, 3.8) is 0 Å². The van der Waals surface area contributed by atoms with Gasteiger partial charge in [-0.15, -0.1) is 0 Å². The number of carbonyl (C=O) groups excluding carboxylic acids is 1. The van der Waals surface area contributed by atoms with E-state index < -0.39 is 0 Å². The molecule has 0 saturated heterocycles. The first-order chi connectivity index (χ1) is 12.8. The molecular weight excluding hydrogens is 330 g/mol. The van der Waals surface area contributed by atoms with E-state index >= 15 is 0 Å². The van der Waals surface area contributed by atoms with Crippen LogP contribution in [0.15, 0.2) is 65.2 Å². The molecule has 2 aromatic carbocycles. The van der Waals surface area contributed by atoms with Gasteiger partial charge in [-0.05, 0) is 25.0 Å². The molecule has 26 heavy (non-hydrogen) atoms. The number of aryl methyl sites for hydroxylation is 1. The van der Waals surface area contributed by atoms with Crippen LogP contribution in [-0.2, 0) is 22.6 Å². The molecule has 3 rings (SSSR count). The van der Waals surface area contributed by atoms with Gasteiger partial charge in [0.2, 0.25) is 0 Å². The molecule has 0 aliphatic rings. The zero-order chi connectivity index (χ0) is 18.2. The van der Waals surface area contributed by atoms with Crippen LogP contribution in [0.25, 0.3) is 11.3 Å². The maximum atomic E-state index is 12.0. The summed E-state index contributed by atoms with van der Waals surface area (Å²) >= 11 is 0. The number of rotatable bonds is 8. The van der Waals surface area contributed by atoms with Gasteiger partial charge < -0.3 is 14.0 Å². The molecule has 0 bridgehead atoms. The molecule has 0 radical (unpaired) electrons. The van der Waals surface area contributed by atoms with E-state index in [1.54, 1.807) is 6.07 Å². The van der Waals surface area contributed by atoms with Crippen LogP contribution in [0.4, 0.5) is 0 Å². The van der Waals surface area contributed by atoms with Crippen LogP contribution in [0.2, 0.25) is 0 Å². The highest BCUT2D eigenvalue weighted by molar-refractivity contribution is 5.70. The van der Waals surface area contributed by atoms with E-state index in [2.05, 4.69) is 5.16 Å². The maximum Gasteiger partial charge on any atom is 0.306 e. The lowest BCUT2D eigenvalue weighted by Crippen LogP contribution is -2.07. The number of ether oxygens (including phenoxy) is 2. The summed E-state index contributed by atoms with van der Waals surface area (Å²) in [6.45, 7) is 2.63. The minimum atomic E-state index is -0.277. The lowest BCUT2D eigenvalue weighted by Gasteiger charge is -2.09. The van der Waals surface area contributed by atoms with Gasteiger partial charge >= 0.3 is 5.97 Å². The van der Waals surface area contributed by atoms with Gasteiger partial charge in [-0.1, -0.05) is 53.7 Å². The van der Waals surface area contributed by atoms with E-state index in [0.717, 1.165) is 16.9 Å². The first-order valence-corrected chi connectivity index (χ1v) is 8.63. The Kier molecular flexibility index (Phi) is 6.04. The number of nitrogens with zero attached hydrogens (tertiary/aromatic N) is 1. The minimum absolute atomic E-state index is 0.0995. The highest BCUT2D eigenvalue weighted by Gasteiger charge is 2.11. The van der Waals surface area contributed by atoms with Crippen LogP contribution < -0.4 is 4.74 Å². The molecule has 0 atom stereocenters. The van der Waals surface area contributed by atoms with Gasteiger partial charge in [0.15, 0.2) is 5.76 Å². The fourth-order valence-corrected chi connectivity index (χ4v) is 2.59. The molecule has 0 unspecified atom stereocenters. The van der Waals surface area contributed by atoms with E-state index in [-0.39, 0.29) is 19.0 Å². The fraction of sp³-hybridized carbons (Fsp3) is 0.238. The van der Waals surface area contributed by atoms with E-state index in [1.165, 1.54) is 0 Å². The van der Waals surface area contributed by atoms with Gasteiger partial charge in [-0.2, -0.15) is 0 Å². The predicted octanol–water partition coefficient (Wildman–Crippen LogP) is 4.42. The summed E-state index contributed by atoms with van der Waals surface area (Å²) in [4.78, 5) is 12.0. The second-order valence-corrected chi connectivity index (χ2v) is 5.75. The summed E-state index contributed by atoms with van der Waals surface area (Å²) < 4.78 is 16.2. The fourth-order valence-electron chi connectivity index (χ4n) is 2.59.